The molecule has 0 radical (unpaired) electrons. The van der Waals surface area contributed by atoms with Gasteiger partial charge in [-0.25, -0.2) is 0 Å². The van der Waals surface area contributed by atoms with Crippen LogP contribution in [0.25, 0.3) is 0 Å². The molecule has 0 saturated carbocycles. The van der Waals surface area contributed by atoms with Gasteiger partial charge in [-0.3, -0.25) is 0 Å². The van der Waals surface area contributed by atoms with Crippen molar-refractivity contribution in [3.05, 3.63) is 11.6 Å². The summed E-state index contributed by atoms with van der Waals surface area (Å²) in [6, 6.07) is 0. The van der Waals surface area contributed by atoms with E-state index >= 15 is 0 Å². The minimum Gasteiger partial charge on any atom is -0.0828 e. The Kier molecular flexibility index (Phi) is 2.28. The van der Waals surface area contributed by atoms with Gasteiger partial charge in [0.05, 0.1) is 0 Å². The van der Waals surface area contributed by atoms with Gasteiger partial charge < -0.3 is 0 Å². The second kappa shape index (κ2) is 2.73. The predicted octanol–water partition coefficient (Wildman–Crippen LogP) is 2.54. The normalized spacial score (nSPS) is 41.1. The SMILES string of the molecule is CC1=CC(C)([SiH3])C(C)(C)C(C)C1. The maximum Gasteiger partial charge on any atom is 0.0158 e. The minimum atomic E-state index is 0.495. The standard InChI is InChI=1S/C11H22Si/c1-8-6-9(2)10(3,4)11(5,12)7-8/h7,9H,6H2,1-5,12H3. The van der Waals surface area contributed by atoms with Gasteiger partial charge in [0.25, 0.3) is 0 Å². The molecule has 0 N–H and O–H groups in total. The molecule has 1 aliphatic rings. The average molecular weight is 182 g/mol. The number of allylic oxidation sites excluding steroid dienone is 2. The van der Waals surface area contributed by atoms with Crippen molar-refractivity contribution < 1.29 is 0 Å². The summed E-state index contributed by atoms with van der Waals surface area (Å²) in [5.74, 6) is 0.838. The highest BCUT2D eigenvalue weighted by Gasteiger charge is 2.41. The first kappa shape index (κ1) is 10.0. The molecule has 0 aliphatic heterocycles. The molecule has 0 amide bonds. The summed E-state index contributed by atoms with van der Waals surface area (Å²) >= 11 is 0. The van der Waals surface area contributed by atoms with Crippen LogP contribution in [0.2, 0.25) is 5.04 Å². The highest BCUT2D eigenvalue weighted by atomic mass is 28.1. The molecule has 0 nitrogen and oxygen atoms in total. The molecule has 0 fully saturated rings. The molecule has 0 aromatic carbocycles. The first-order valence-corrected chi connectivity index (χ1v) is 5.96. The topological polar surface area (TPSA) is 0 Å². The summed E-state index contributed by atoms with van der Waals surface area (Å²) in [7, 11) is 1.27. The lowest BCUT2D eigenvalue weighted by atomic mass is 9.64. The average Bonchev–Trinajstić information content (AvgIpc) is 1.82. The lowest BCUT2D eigenvalue weighted by molar-refractivity contribution is 0.167. The van der Waals surface area contributed by atoms with E-state index in [9.17, 15) is 0 Å². The Labute approximate surface area is 79.9 Å². The molecule has 0 bridgehead atoms. The fourth-order valence-corrected chi connectivity index (χ4v) is 3.22. The molecular formula is C11H22Si. The van der Waals surface area contributed by atoms with Gasteiger partial charge in [0.15, 0.2) is 0 Å². The quantitative estimate of drug-likeness (QED) is 0.399. The van der Waals surface area contributed by atoms with E-state index in [-0.39, 0.29) is 0 Å². The molecular weight excluding hydrogens is 160 g/mol. The van der Waals surface area contributed by atoms with Gasteiger partial charge in [-0.05, 0) is 29.7 Å². The Morgan fingerprint density at radius 2 is 1.92 bits per heavy atom. The first-order valence-electron chi connectivity index (χ1n) is 4.96. The molecule has 0 aromatic heterocycles. The summed E-state index contributed by atoms with van der Waals surface area (Å²) in [4.78, 5) is 0. The molecule has 12 heavy (non-hydrogen) atoms. The van der Waals surface area contributed by atoms with Crippen LogP contribution in [0.4, 0.5) is 0 Å². The van der Waals surface area contributed by atoms with E-state index < -0.39 is 0 Å². The zero-order chi connectivity index (χ0) is 9.57. The fraction of sp³-hybridized carbons (Fsp3) is 0.818. The Morgan fingerprint density at radius 1 is 1.42 bits per heavy atom. The highest BCUT2D eigenvalue weighted by Crippen LogP contribution is 2.54. The number of rotatable bonds is 0. The van der Waals surface area contributed by atoms with Crippen LogP contribution < -0.4 is 0 Å². The number of hydrogen-bond acceptors (Lipinski definition) is 0. The maximum atomic E-state index is 2.51. The Bertz CT molecular complexity index is 211. The van der Waals surface area contributed by atoms with Crippen LogP contribution in [0.15, 0.2) is 11.6 Å². The van der Waals surface area contributed by atoms with Crippen LogP contribution >= 0.6 is 0 Å². The van der Waals surface area contributed by atoms with E-state index in [1.54, 1.807) is 5.57 Å². The molecule has 0 saturated heterocycles. The number of hydrogen-bond donors (Lipinski definition) is 0. The van der Waals surface area contributed by atoms with Crippen molar-refractivity contribution in [2.45, 2.75) is 46.1 Å². The molecule has 70 valence electrons. The lowest BCUT2D eigenvalue weighted by Gasteiger charge is -2.48. The van der Waals surface area contributed by atoms with Gasteiger partial charge in [-0.2, -0.15) is 0 Å². The van der Waals surface area contributed by atoms with Gasteiger partial charge >= 0.3 is 0 Å². The molecule has 1 aliphatic carbocycles. The Hall–Kier alpha value is -0.0431. The van der Waals surface area contributed by atoms with Crippen molar-refractivity contribution in [1.82, 2.24) is 0 Å². The monoisotopic (exact) mass is 182 g/mol. The molecule has 2 unspecified atom stereocenters. The molecule has 2 atom stereocenters. The van der Waals surface area contributed by atoms with Crippen LogP contribution in [0.1, 0.15) is 41.0 Å². The Balaban J connectivity index is 3.06. The van der Waals surface area contributed by atoms with Crippen molar-refractivity contribution in [3.8, 4) is 0 Å². The van der Waals surface area contributed by atoms with E-state index in [4.69, 9.17) is 0 Å². The van der Waals surface area contributed by atoms with E-state index in [0.29, 0.717) is 10.5 Å². The van der Waals surface area contributed by atoms with E-state index in [1.165, 1.54) is 16.7 Å². The largest absolute Gasteiger partial charge is 0.0828 e. The van der Waals surface area contributed by atoms with Crippen molar-refractivity contribution in [2.24, 2.45) is 11.3 Å². The van der Waals surface area contributed by atoms with E-state index in [2.05, 4.69) is 40.7 Å². The summed E-state index contributed by atoms with van der Waals surface area (Å²) in [6.07, 6.45) is 3.81. The molecule has 0 aromatic rings. The fourth-order valence-electron chi connectivity index (χ4n) is 2.23. The summed E-state index contributed by atoms with van der Waals surface area (Å²) in [6.45, 7) is 11.9. The zero-order valence-electron chi connectivity index (χ0n) is 9.36. The van der Waals surface area contributed by atoms with Gasteiger partial charge in [-0.15, -0.1) is 0 Å². The van der Waals surface area contributed by atoms with Gasteiger partial charge in [-0.1, -0.05) is 39.3 Å². The predicted molar refractivity (Wildman–Crippen MR) is 59.6 cm³/mol. The van der Waals surface area contributed by atoms with Crippen LogP contribution in [-0.4, -0.2) is 10.2 Å². The van der Waals surface area contributed by atoms with Crippen molar-refractivity contribution in [1.29, 1.82) is 0 Å². The van der Waals surface area contributed by atoms with Crippen LogP contribution in [-0.2, 0) is 0 Å². The van der Waals surface area contributed by atoms with Crippen LogP contribution in [0.5, 0.6) is 0 Å². The van der Waals surface area contributed by atoms with Crippen molar-refractivity contribution >= 4 is 10.2 Å². The van der Waals surface area contributed by atoms with Gasteiger partial charge in [0, 0.05) is 10.2 Å². The van der Waals surface area contributed by atoms with Crippen molar-refractivity contribution in [3.63, 3.8) is 0 Å². The summed E-state index contributed by atoms with van der Waals surface area (Å²) in [5, 5.41) is 0.495. The third-order valence-electron chi connectivity index (χ3n) is 4.13. The van der Waals surface area contributed by atoms with Gasteiger partial charge in [0.1, 0.15) is 0 Å². The van der Waals surface area contributed by atoms with Gasteiger partial charge in [0.2, 0.25) is 0 Å². The lowest BCUT2D eigenvalue weighted by Crippen LogP contribution is -2.37. The second-order valence-corrected chi connectivity index (χ2v) is 7.62. The highest BCUT2D eigenvalue weighted by molar-refractivity contribution is 6.17. The second-order valence-electron chi connectivity index (χ2n) is 5.54. The third-order valence-corrected chi connectivity index (χ3v) is 5.71. The van der Waals surface area contributed by atoms with Crippen LogP contribution in [0.3, 0.4) is 0 Å². The zero-order valence-corrected chi connectivity index (χ0v) is 11.4. The minimum absolute atomic E-state index is 0.495. The van der Waals surface area contributed by atoms with E-state index in [0.717, 1.165) is 5.92 Å². The summed E-state index contributed by atoms with van der Waals surface area (Å²) in [5.41, 5.74) is 2.10. The molecule has 0 heterocycles. The maximum absolute atomic E-state index is 2.51. The third kappa shape index (κ3) is 1.39. The van der Waals surface area contributed by atoms with Crippen molar-refractivity contribution in [2.75, 3.05) is 0 Å². The van der Waals surface area contributed by atoms with E-state index in [1.807, 2.05) is 0 Å². The smallest absolute Gasteiger partial charge is 0.0158 e. The Morgan fingerprint density at radius 3 is 2.33 bits per heavy atom. The summed E-state index contributed by atoms with van der Waals surface area (Å²) < 4.78 is 0. The molecule has 1 rings (SSSR count). The van der Waals surface area contributed by atoms with Crippen LogP contribution in [0, 0.1) is 11.3 Å². The first-order chi connectivity index (χ1) is 5.27. The molecule has 0 spiro atoms. The molecule has 1 heteroatoms.